The highest BCUT2D eigenvalue weighted by atomic mass is 79.9. The monoisotopic (exact) mass is 338 g/mol. The van der Waals surface area contributed by atoms with E-state index >= 15 is 0 Å². The zero-order chi connectivity index (χ0) is 13.3. The molecule has 0 saturated heterocycles. The van der Waals surface area contributed by atoms with Crippen LogP contribution in [-0.2, 0) is 0 Å². The van der Waals surface area contributed by atoms with Crippen LogP contribution in [0.5, 0.6) is 0 Å². The number of hydrogen-bond acceptors (Lipinski definition) is 3. The van der Waals surface area contributed by atoms with E-state index in [1.54, 1.807) is 0 Å². The Hall–Kier alpha value is -0.480. The second kappa shape index (κ2) is 5.49. The van der Waals surface area contributed by atoms with E-state index in [0.29, 0.717) is 0 Å². The van der Waals surface area contributed by atoms with Crippen molar-refractivity contribution in [1.29, 1.82) is 0 Å². The van der Waals surface area contributed by atoms with Gasteiger partial charge in [-0.25, -0.2) is 0 Å². The van der Waals surface area contributed by atoms with Crippen LogP contribution < -0.4 is 5.32 Å². The van der Waals surface area contributed by atoms with Gasteiger partial charge in [-0.3, -0.25) is 4.99 Å². The summed E-state index contributed by atoms with van der Waals surface area (Å²) in [6.45, 7) is 2.10. The summed E-state index contributed by atoms with van der Waals surface area (Å²) in [5, 5.41) is 4.56. The van der Waals surface area contributed by atoms with Gasteiger partial charge in [0, 0.05) is 15.9 Å². The van der Waals surface area contributed by atoms with Gasteiger partial charge in [0.05, 0.1) is 5.54 Å². The Morgan fingerprint density at radius 3 is 2.79 bits per heavy atom. The first-order valence-electron chi connectivity index (χ1n) is 6.93. The lowest BCUT2D eigenvalue weighted by molar-refractivity contribution is 0.335. The highest BCUT2D eigenvalue weighted by Crippen LogP contribution is 2.40. The fraction of sp³-hybridized carbons (Fsp3) is 0.533. The van der Waals surface area contributed by atoms with Crippen molar-refractivity contribution in [2.24, 2.45) is 4.99 Å². The average Bonchev–Trinajstić information content (AvgIpc) is 2.78. The van der Waals surface area contributed by atoms with Gasteiger partial charge in [-0.1, -0.05) is 53.0 Å². The van der Waals surface area contributed by atoms with E-state index in [9.17, 15) is 0 Å². The van der Waals surface area contributed by atoms with Crippen LogP contribution in [0.3, 0.4) is 0 Å². The molecule has 0 atom stereocenters. The van der Waals surface area contributed by atoms with E-state index < -0.39 is 0 Å². The van der Waals surface area contributed by atoms with Crippen LogP contribution >= 0.6 is 27.7 Å². The first-order valence-corrected chi connectivity index (χ1v) is 8.71. The van der Waals surface area contributed by atoms with Crippen LogP contribution in [0.1, 0.15) is 37.7 Å². The fourth-order valence-electron chi connectivity index (χ4n) is 2.81. The third kappa shape index (κ3) is 3.00. The van der Waals surface area contributed by atoms with Gasteiger partial charge < -0.3 is 5.32 Å². The van der Waals surface area contributed by atoms with Crippen molar-refractivity contribution in [3.05, 3.63) is 28.2 Å². The van der Waals surface area contributed by atoms with Crippen molar-refractivity contribution in [1.82, 2.24) is 0 Å². The Labute approximate surface area is 127 Å². The molecule has 2 nitrogen and oxygen atoms in total. The first-order chi connectivity index (χ1) is 9.17. The molecule has 0 radical (unpaired) electrons. The Bertz CT molecular complexity index is 507. The van der Waals surface area contributed by atoms with Crippen LogP contribution in [0, 0.1) is 6.92 Å². The summed E-state index contributed by atoms with van der Waals surface area (Å²) in [5.41, 5.74) is 2.62. The predicted octanol–water partition coefficient (Wildman–Crippen LogP) is 4.98. The van der Waals surface area contributed by atoms with Crippen LogP contribution in [0.25, 0.3) is 0 Å². The number of nitrogens with zero attached hydrogens (tertiary/aromatic N) is 1. The molecule has 3 rings (SSSR count). The topological polar surface area (TPSA) is 24.4 Å². The Morgan fingerprint density at radius 2 is 2.05 bits per heavy atom. The van der Waals surface area contributed by atoms with E-state index in [2.05, 4.69) is 46.4 Å². The number of rotatable bonds is 1. The minimum absolute atomic E-state index is 0.243. The maximum atomic E-state index is 4.98. The highest BCUT2D eigenvalue weighted by molar-refractivity contribution is 9.10. The van der Waals surface area contributed by atoms with E-state index in [-0.39, 0.29) is 5.54 Å². The zero-order valence-corrected chi connectivity index (χ0v) is 13.6. The molecule has 102 valence electrons. The largest absolute Gasteiger partial charge is 0.335 e. The Kier molecular flexibility index (Phi) is 3.90. The molecule has 1 aromatic carbocycles. The Morgan fingerprint density at radius 1 is 1.26 bits per heavy atom. The number of aryl methyl sites for hydroxylation is 1. The van der Waals surface area contributed by atoms with Crippen molar-refractivity contribution < 1.29 is 0 Å². The molecule has 2 aliphatic rings. The third-order valence-corrected chi connectivity index (χ3v) is 6.03. The van der Waals surface area contributed by atoms with Crippen LogP contribution in [-0.4, -0.2) is 16.5 Å². The summed E-state index contributed by atoms with van der Waals surface area (Å²) in [4.78, 5) is 4.98. The zero-order valence-electron chi connectivity index (χ0n) is 11.2. The molecule has 0 unspecified atom stereocenters. The molecule has 1 spiro atoms. The molecular formula is C15H19BrN2S. The summed E-state index contributed by atoms with van der Waals surface area (Å²) in [6.07, 6.45) is 6.60. The van der Waals surface area contributed by atoms with Crippen molar-refractivity contribution >= 4 is 38.5 Å². The number of thioether (sulfide) groups is 1. The van der Waals surface area contributed by atoms with Gasteiger partial charge >= 0.3 is 0 Å². The van der Waals surface area contributed by atoms with Crippen molar-refractivity contribution in [2.75, 3.05) is 11.1 Å². The summed E-state index contributed by atoms with van der Waals surface area (Å²) < 4.78 is 1.15. The normalized spacial score (nSPS) is 21.5. The minimum Gasteiger partial charge on any atom is -0.335 e. The lowest BCUT2D eigenvalue weighted by atomic mass is 9.84. The molecule has 0 aromatic heterocycles. The van der Waals surface area contributed by atoms with Gasteiger partial charge in [0.1, 0.15) is 0 Å². The number of halogens is 1. The van der Waals surface area contributed by atoms with E-state index in [1.807, 2.05) is 11.8 Å². The summed E-state index contributed by atoms with van der Waals surface area (Å²) in [7, 11) is 0. The molecule has 1 saturated carbocycles. The predicted molar refractivity (Wildman–Crippen MR) is 88.2 cm³/mol. The van der Waals surface area contributed by atoms with Crippen molar-refractivity contribution in [3.8, 4) is 0 Å². The summed E-state index contributed by atoms with van der Waals surface area (Å²) in [6, 6.07) is 6.38. The molecule has 1 heterocycles. The quantitative estimate of drug-likeness (QED) is 0.781. The molecule has 19 heavy (non-hydrogen) atoms. The lowest BCUT2D eigenvalue weighted by Gasteiger charge is -2.29. The van der Waals surface area contributed by atoms with Gasteiger partial charge in [0.25, 0.3) is 0 Å². The van der Waals surface area contributed by atoms with Crippen molar-refractivity contribution in [3.63, 3.8) is 0 Å². The third-order valence-electron chi connectivity index (χ3n) is 4.02. The van der Waals surface area contributed by atoms with Crippen LogP contribution in [0.2, 0.25) is 0 Å². The maximum Gasteiger partial charge on any atom is 0.161 e. The lowest BCUT2D eigenvalue weighted by Crippen LogP contribution is -2.29. The van der Waals surface area contributed by atoms with Gasteiger partial charge in [-0.15, -0.1) is 0 Å². The Balaban J connectivity index is 1.73. The first kappa shape index (κ1) is 13.5. The number of benzene rings is 1. The molecule has 1 fully saturated rings. The number of anilines is 1. The van der Waals surface area contributed by atoms with Gasteiger partial charge in [-0.2, -0.15) is 0 Å². The van der Waals surface area contributed by atoms with E-state index in [4.69, 9.17) is 4.99 Å². The molecular weight excluding hydrogens is 320 g/mol. The van der Waals surface area contributed by atoms with Crippen LogP contribution in [0.15, 0.2) is 27.7 Å². The summed E-state index contributed by atoms with van der Waals surface area (Å²) in [5.74, 6) is 1.16. The molecule has 1 aromatic rings. The number of hydrogen-bond donors (Lipinski definition) is 1. The second-order valence-electron chi connectivity index (χ2n) is 5.58. The van der Waals surface area contributed by atoms with Crippen LogP contribution in [0.4, 0.5) is 5.69 Å². The average molecular weight is 339 g/mol. The second-order valence-corrected chi connectivity index (χ2v) is 7.40. The standard InChI is InChI=1S/C15H19BrN2S/c1-11-5-6-12(9-13(11)16)17-14-18-15(10-19-14)7-3-2-4-8-15/h5-6,9H,2-4,7-8,10H2,1H3,(H,17,18). The number of amidine groups is 1. The molecule has 1 N–H and O–H groups in total. The smallest absolute Gasteiger partial charge is 0.161 e. The number of nitrogens with one attached hydrogen (secondary N) is 1. The SMILES string of the molecule is Cc1ccc(NC2=NC3(CCCCC3)CS2)cc1Br. The molecule has 0 bridgehead atoms. The van der Waals surface area contributed by atoms with Gasteiger partial charge in [-0.05, 0) is 37.5 Å². The molecule has 0 amide bonds. The van der Waals surface area contributed by atoms with Gasteiger partial charge in [0.2, 0.25) is 0 Å². The van der Waals surface area contributed by atoms with E-state index in [0.717, 1.165) is 21.1 Å². The van der Waals surface area contributed by atoms with Gasteiger partial charge in [0.15, 0.2) is 5.17 Å². The molecule has 4 heteroatoms. The fourth-order valence-corrected chi connectivity index (χ4v) is 4.39. The number of aliphatic imine (C=N–C) groups is 1. The van der Waals surface area contributed by atoms with Crippen molar-refractivity contribution in [2.45, 2.75) is 44.6 Å². The molecule has 1 aliphatic carbocycles. The minimum atomic E-state index is 0.243. The highest BCUT2D eigenvalue weighted by Gasteiger charge is 2.36. The maximum absolute atomic E-state index is 4.98. The molecule has 1 aliphatic heterocycles. The van der Waals surface area contributed by atoms with E-state index in [1.165, 1.54) is 37.7 Å². The summed E-state index contributed by atoms with van der Waals surface area (Å²) >= 11 is 5.46.